The van der Waals surface area contributed by atoms with Gasteiger partial charge in [-0.2, -0.15) is 0 Å². The fourth-order valence-electron chi connectivity index (χ4n) is 1.91. The van der Waals surface area contributed by atoms with E-state index in [1.54, 1.807) is 4.90 Å². The molecule has 2 rings (SSSR count). The molecule has 1 amide bonds. The normalized spacial score (nSPS) is 14.9. The summed E-state index contributed by atoms with van der Waals surface area (Å²) >= 11 is 3.48. The topological polar surface area (TPSA) is 29.5 Å². The molecule has 1 aromatic carbocycles. The molecule has 0 N–H and O–H groups in total. The first-order valence-corrected chi connectivity index (χ1v) is 6.14. The highest BCUT2D eigenvalue weighted by Crippen LogP contribution is 2.36. The van der Waals surface area contributed by atoms with Crippen molar-refractivity contribution in [3.05, 3.63) is 22.2 Å². The van der Waals surface area contributed by atoms with Crippen LogP contribution >= 0.6 is 15.9 Å². The van der Waals surface area contributed by atoms with Gasteiger partial charge in [0.05, 0.1) is 16.8 Å². The van der Waals surface area contributed by atoms with Gasteiger partial charge in [0.15, 0.2) is 0 Å². The van der Waals surface area contributed by atoms with Crippen molar-refractivity contribution in [2.45, 2.75) is 19.8 Å². The third-order valence-electron chi connectivity index (χ3n) is 2.78. The second kappa shape index (κ2) is 4.45. The minimum absolute atomic E-state index is 0.164. The van der Waals surface area contributed by atoms with Crippen LogP contribution in [-0.4, -0.2) is 19.6 Å². The van der Waals surface area contributed by atoms with Gasteiger partial charge in [-0.1, -0.05) is 0 Å². The molecule has 0 unspecified atom stereocenters. The van der Waals surface area contributed by atoms with Crippen molar-refractivity contribution in [2.75, 3.05) is 18.6 Å². The predicted octanol–water partition coefficient (Wildman–Crippen LogP) is 2.76. The summed E-state index contributed by atoms with van der Waals surface area (Å²) in [5.41, 5.74) is 2.15. The van der Waals surface area contributed by atoms with E-state index in [1.807, 2.05) is 26.1 Å². The molecule has 0 spiro atoms. The van der Waals surface area contributed by atoms with Crippen molar-refractivity contribution < 1.29 is 9.53 Å². The van der Waals surface area contributed by atoms with Crippen LogP contribution in [0.15, 0.2) is 16.6 Å². The Kier molecular flexibility index (Phi) is 3.19. The summed E-state index contributed by atoms with van der Waals surface area (Å²) in [7, 11) is 1.81. The van der Waals surface area contributed by atoms with Gasteiger partial charge in [-0.3, -0.25) is 4.79 Å². The van der Waals surface area contributed by atoms with E-state index in [2.05, 4.69) is 15.9 Å². The van der Waals surface area contributed by atoms with Gasteiger partial charge in [-0.05, 0) is 40.9 Å². The lowest BCUT2D eigenvalue weighted by molar-refractivity contribution is -0.118. The molecule has 3 nitrogen and oxygen atoms in total. The Bertz CT molecular complexity index is 431. The number of hydrogen-bond acceptors (Lipinski definition) is 2. The Labute approximate surface area is 104 Å². The SMILES string of the molecule is CCOc1cc2c(cc1Br)CCC(=O)N2C. The number of ether oxygens (including phenoxy) is 1. The maximum absolute atomic E-state index is 11.6. The summed E-state index contributed by atoms with van der Waals surface area (Å²) in [6, 6.07) is 3.98. The van der Waals surface area contributed by atoms with Crippen LogP contribution in [0.4, 0.5) is 5.69 Å². The number of rotatable bonds is 2. The Morgan fingerprint density at radius 1 is 1.44 bits per heavy atom. The quantitative estimate of drug-likeness (QED) is 0.835. The molecule has 0 aromatic heterocycles. The number of halogens is 1. The molecule has 16 heavy (non-hydrogen) atoms. The number of carbonyl (C=O) groups is 1. The molecule has 1 aromatic rings. The second-order valence-corrected chi connectivity index (χ2v) is 4.65. The standard InChI is InChI=1S/C12H14BrNO2/c1-3-16-11-7-10-8(6-9(11)13)4-5-12(15)14(10)2/h6-7H,3-5H2,1-2H3. The van der Waals surface area contributed by atoms with Crippen LogP contribution in [0.5, 0.6) is 5.75 Å². The van der Waals surface area contributed by atoms with Crippen molar-refractivity contribution in [1.29, 1.82) is 0 Å². The summed E-state index contributed by atoms with van der Waals surface area (Å²) < 4.78 is 6.46. The zero-order chi connectivity index (χ0) is 11.7. The smallest absolute Gasteiger partial charge is 0.227 e. The van der Waals surface area contributed by atoms with E-state index in [0.29, 0.717) is 13.0 Å². The van der Waals surface area contributed by atoms with Gasteiger partial charge in [0, 0.05) is 19.5 Å². The van der Waals surface area contributed by atoms with Gasteiger partial charge in [0.25, 0.3) is 0 Å². The highest BCUT2D eigenvalue weighted by molar-refractivity contribution is 9.10. The minimum atomic E-state index is 0.164. The number of amides is 1. The molecule has 1 aliphatic heterocycles. The third-order valence-corrected chi connectivity index (χ3v) is 3.40. The molecule has 0 bridgehead atoms. The lowest BCUT2D eigenvalue weighted by Gasteiger charge is -2.26. The highest BCUT2D eigenvalue weighted by atomic mass is 79.9. The van der Waals surface area contributed by atoms with E-state index in [0.717, 1.165) is 22.3 Å². The van der Waals surface area contributed by atoms with Gasteiger partial charge < -0.3 is 9.64 Å². The number of benzene rings is 1. The van der Waals surface area contributed by atoms with Crippen molar-refractivity contribution >= 4 is 27.5 Å². The monoisotopic (exact) mass is 283 g/mol. The van der Waals surface area contributed by atoms with Crippen molar-refractivity contribution in [1.82, 2.24) is 0 Å². The molecule has 0 aliphatic carbocycles. The van der Waals surface area contributed by atoms with Crippen LogP contribution in [-0.2, 0) is 11.2 Å². The first kappa shape index (κ1) is 11.5. The van der Waals surface area contributed by atoms with E-state index < -0.39 is 0 Å². The number of carbonyl (C=O) groups excluding carboxylic acids is 1. The molecule has 0 fully saturated rings. The molecular formula is C12H14BrNO2. The lowest BCUT2D eigenvalue weighted by Crippen LogP contribution is -2.31. The zero-order valence-electron chi connectivity index (χ0n) is 9.42. The first-order valence-electron chi connectivity index (χ1n) is 5.35. The molecule has 1 heterocycles. The summed E-state index contributed by atoms with van der Waals surface area (Å²) in [6.45, 7) is 2.57. The van der Waals surface area contributed by atoms with Crippen molar-refractivity contribution in [3.8, 4) is 5.75 Å². The number of fused-ring (bicyclic) bond motifs is 1. The molecule has 1 aliphatic rings. The average Bonchev–Trinajstić information content (AvgIpc) is 2.26. The maximum atomic E-state index is 11.6. The fraction of sp³-hybridized carbons (Fsp3) is 0.417. The van der Waals surface area contributed by atoms with E-state index in [-0.39, 0.29) is 5.91 Å². The van der Waals surface area contributed by atoms with Gasteiger partial charge in [-0.25, -0.2) is 0 Å². The molecule has 0 saturated carbocycles. The van der Waals surface area contributed by atoms with E-state index in [4.69, 9.17) is 4.74 Å². The largest absolute Gasteiger partial charge is 0.493 e. The zero-order valence-corrected chi connectivity index (χ0v) is 11.0. The van der Waals surface area contributed by atoms with Crippen LogP contribution in [0, 0.1) is 0 Å². The number of nitrogens with zero attached hydrogens (tertiary/aromatic N) is 1. The summed E-state index contributed by atoms with van der Waals surface area (Å²) in [6.07, 6.45) is 1.40. The third kappa shape index (κ3) is 1.94. The summed E-state index contributed by atoms with van der Waals surface area (Å²) in [5.74, 6) is 0.958. The maximum Gasteiger partial charge on any atom is 0.227 e. The van der Waals surface area contributed by atoms with Crippen LogP contribution in [0.1, 0.15) is 18.9 Å². The Hall–Kier alpha value is -1.03. The van der Waals surface area contributed by atoms with Crippen molar-refractivity contribution in [3.63, 3.8) is 0 Å². The average molecular weight is 284 g/mol. The Balaban J connectivity index is 2.45. The Morgan fingerprint density at radius 3 is 2.88 bits per heavy atom. The molecule has 0 saturated heterocycles. The minimum Gasteiger partial charge on any atom is -0.493 e. The number of hydrogen-bond donors (Lipinski definition) is 0. The van der Waals surface area contributed by atoms with Gasteiger partial charge in [0.1, 0.15) is 5.75 Å². The van der Waals surface area contributed by atoms with E-state index >= 15 is 0 Å². The summed E-state index contributed by atoms with van der Waals surface area (Å²) in [5, 5.41) is 0. The molecule has 86 valence electrons. The number of aryl methyl sites for hydroxylation is 1. The molecule has 0 atom stereocenters. The molecule has 4 heteroatoms. The van der Waals surface area contributed by atoms with Crippen molar-refractivity contribution in [2.24, 2.45) is 0 Å². The first-order chi connectivity index (χ1) is 7.63. The highest BCUT2D eigenvalue weighted by Gasteiger charge is 2.22. The van der Waals surface area contributed by atoms with Crippen LogP contribution in [0.3, 0.4) is 0 Å². The molecule has 0 radical (unpaired) electrons. The number of anilines is 1. The van der Waals surface area contributed by atoms with Crippen LogP contribution < -0.4 is 9.64 Å². The van der Waals surface area contributed by atoms with E-state index in [1.165, 1.54) is 5.56 Å². The van der Waals surface area contributed by atoms with Crippen LogP contribution in [0.2, 0.25) is 0 Å². The van der Waals surface area contributed by atoms with Gasteiger partial charge in [-0.15, -0.1) is 0 Å². The molecular weight excluding hydrogens is 270 g/mol. The van der Waals surface area contributed by atoms with Gasteiger partial charge in [0.2, 0.25) is 5.91 Å². The Morgan fingerprint density at radius 2 is 2.19 bits per heavy atom. The van der Waals surface area contributed by atoms with Gasteiger partial charge >= 0.3 is 0 Å². The predicted molar refractivity (Wildman–Crippen MR) is 67.0 cm³/mol. The second-order valence-electron chi connectivity index (χ2n) is 3.80. The van der Waals surface area contributed by atoms with Crippen LogP contribution in [0.25, 0.3) is 0 Å². The summed E-state index contributed by atoms with van der Waals surface area (Å²) in [4.78, 5) is 13.3. The van der Waals surface area contributed by atoms with E-state index in [9.17, 15) is 4.79 Å². The fourth-order valence-corrected chi connectivity index (χ4v) is 2.41. The lowest BCUT2D eigenvalue weighted by atomic mass is 10.0.